The molecule has 6 nitrogen and oxygen atoms in total. The normalized spacial score (nSPS) is 10.2. The molecule has 6 heteroatoms. The summed E-state index contributed by atoms with van der Waals surface area (Å²) in [5, 5.41) is 5.52. The first kappa shape index (κ1) is 15.5. The van der Waals surface area contributed by atoms with Crippen molar-refractivity contribution in [3.05, 3.63) is 84.1 Å². The van der Waals surface area contributed by atoms with Gasteiger partial charge in [0.15, 0.2) is 0 Å². The van der Waals surface area contributed by atoms with Crippen molar-refractivity contribution in [2.75, 3.05) is 5.32 Å². The van der Waals surface area contributed by atoms with Gasteiger partial charge in [0, 0.05) is 29.2 Å². The highest BCUT2D eigenvalue weighted by molar-refractivity contribution is 6.05. The Hall–Kier alpha value is -3.41. The second-order valence-corrected chi connectivity index (χ2v) is 5.03. The molecule has 0 spiro atoms. The Morgan fingerprint density at radius 3 is 2.54 bits per heavy atom. The number of carbonyl (C=O) groups is 2. The molecule has 24 heavy (non-hydrogen) atoms. The number of aromatic nitrogens is 1. The zero-order chi connectivity index (χ0) is 16.8. The third-order valence-electron chi connectivity index (χ3n) is 3.33. The first-order chi connectivity index (χ1) is 11.7. The SMILES string of the molecule is O=C(NCc1ccco1)c1cccc(NC(=O)c2ccncc2)c1. The van der Waals surface area contributed by atoms with Crippen LogP contribution in [0.3, 0.4) is 0 Å². The van der Waals surface area contributed by atoms with Gasteiger partial charge in [-0.3, -0.25) is 14.6 Å². The Morgan fingerprint density at radius 1 is 0.958 bits per heavy atom. The molecule has 3 rings (SSSR count). The number of hydrogen-bond donors (Lipinski definition) is 2. The minimum atomic E-state index is -0.259. The van der Waals surface area contributed by atoms with Crippen LogP contribution in [-0.2, 0) is 6.54 Å². The number of nitrogens with one attached hydrogen (secondary N) is 2. The van der Waals surface area contributed by atoms with Crippen molar-refractivity contribution in [3.8, 4) is 0 Å². The second kappa shape index (κ2) is 7.23. The molecule has 1 aromatic carbocycles. The van der Waals surface area contributed by atoms with Crippen molar-refractivity contribution in [1.82, 2.24) is 10.3 Å². The first-order valence-corrected chi connectivity index (χ1v) is 7.34. The number of rotatable bonds is 5. The maximum atomic E-state index is 12.2. The van der Waals surface area contributed by atoms with Crippen LogP contribution in [-0.4, -0.2) is 16.8 Å². The maximum absolute atomic E-state index is 12.2. The van der Waals surface area contributed by atoms with Crippen LogP contribution >= 0.6 is 0 Å². The van der Waals surface area contributed by atoms with Gasteiger partial charge in [-0.05, 0) is 42.5 Å². The van der Waals surface area contributed by atoms with Crippen molar-refractivity contribution in [2.45, 2.75) is 6.54 Å². The smallest absolute Gasteiger partial charge is 0.255 e. The molecular weight excluding hydrogens is 306 g/mol. The third-order valence-corrected chi connectivity index (χ3v) is 3.33. The van der Waals surface area contributed by atoms with E-state index in [9.17, 15) is 9.59 Å². The molecule has 0 unspecified atom stereocenters. The molecule has 3 aromatic rings. The molecule has 120 valence electrons. The second-order valence-electron chi connectivity index (χ2n) is 5.03. The van der Waals surface area contributed by atoms with E-state index in [-0.39, 0.29) is 11.8 Å². The molecule has 2 heterocycles. The molecule has 0 saturated carbocycles. The van der Waals surface area contributed by atoms with Crippen molar-refractivity contribution in [1.29, 1.82) is 0 Å². The summed E-state index contributed by atoms with van der Waals surface area (Å²) in [6, 6.07) is 13.5. The molecule has 0 bridgehead atoms. The number of furan rings is 1. The van der Waals surface area contributed by atoms with E-state index < -0.39 is 0 Å². The Labute approximate surface area is 138 Å². The monoisotopic (exact) mass is 321 g/mol. The van der Waals surface area contributed by atoms with Gasteiger partial charge in [-0.2, -0.15) is 0 Å². The average Bonchev–Trinajstić information content (AvgIpc) is 3.14. The summed E-state index contributed by atoms with van der Waals surface area (Å²) in [7, 11) is 0. The van der Waals surface area contributed by atoms with Gasteiger partial charge >= 0.3 is 0 Å². The lowest BCUT2D eigenvalue weighted by Gasteiger charge is -2.08. The van der Waals surface area contributed by atoms with E-state index in [0.717, 1.165) is 0 Å². The van der Waals surface area contributed by atoms with E-state index in [1.807, 2.05) is 0 Å². The summed E-state index contributed by atoms with van der Waals surface area (Å²) < 4.78 is 5.17. The topological polar surface area (TPSA) is 84.2 Å². The Morgan fingerprint density at radius 2 is 1.79 bits per heavy atom. The highest BCUT2D eigenvalue weighted by atomic mass is 16.3. The van der Waals surface area contributed by atoms with E-state index in [1.54, 1.807) is 67.2 Å². The number of benzene rings is 1. The molecule has 0 aliphatic rings. The number of pyridine rings is 1. The zero-order valence-electron chi connectivity index (χ0n) is 12.7. The largest absolute Gasteiger partial charge is 0.467 e. The van der Waals surface area contributed by atoms with Crippen LogP contribution in [0.5, 0.6) is 0 Å². The van der Waals surface area contributed by atoms with Crippen molar-refractivity contribution in [3.63, 3.8) is 0 Å². The van der Waals surface area contributed by atoms with Crippen LogP contribution in [0.4, 0.5) is 5.69 Å². The quantitative estimate of drug-likeness (QED) is 0.757. The molecule has 0 aliphatic heterocycles. The molecule has 2 amide bonds. The van der Waals surface area contributed by atoms with Gasteiger partial charge in [0.1, 0.15) is 5.76 Å². The summed E-state index contributed by atoms with van der Waals surface area (Å²) in [5.74, 6) is 0.169. The maximum Gasteiger partial charge on any atom is 0.255 e. The van der Waals surface area contributed by atoms with Gasteiger partial charge in [-0.1, -0.05) is 6.07 Å². The van der Waals surface area contributed by atoms with E-state index in [1.165, 1.54) is 0 Å². The number of nitrogens with zero attached hydrogens (tertiary/aromatic N) is 1. The fourth-order valence-corrected chi connectivity index (χ4v) is 2.13. The van der Waals surface area contributed by atoms with Gasteiger partial charge in [-0.25, -0.2) is 0 Å². The highest BCUT2D eigenvalue weighted by Gasteiger charge is 2.09. The number of carbonyl (C=O) groups excluding carboxylic acids is 2. The molecule has 0 aliphatic carbocycles. The molecule has 2 N–H and O–H groups in total. The first-order valence-electron chi connectivity index (χ1n) is 7.34. The van der Waals surface area contributed by atoms with E-state index >= 15 is 0 Å². The summed E-state index contributed by atoms with van der Waals surface area (Å²) in [5.41, 5.74) is 1.49. The minimum Gasteiger partial charge on any atom is -0.467 e. The van der Waals surface area contributed by atoms with Crippen LogP contribution in [0.2, 0.25) is 0 Å². The summed E-state index contributed by atoms with van der Waals surface area (Å²) in [6.45, 7) is 0.305. The molecule has 0 radical (unpaired) electrons. The summed E-state index contributed by atoms with van der Waals surface area (Å²) >= 11 is 0. The van der Waals surface area contributed by atoms with Crippen molar-refractivity contribution in [2.24, 2.45) is 0 Å². The Bertz CT molecular complexity index is 830. The lowest BCUT2D eigenvalue weighted by atomic mass is 10.1. The fraction of sp³-hybridized carbons (Fsp3) is 0.0556. The molecule has 0 fully saturated rings. The fourth-order valence-electron chi connectivity index (χ4n) is 2.13. The van der Waals surface area contributed by atoms with E-state index in [4.69, 9.17) is 4.42 Å². The van der Waals surface area contributed by atoms with Crippen molar-refractivity contribution < 1.29 is 14.0 Å². The Kier molecular flexibility index (Phi) is 4.67. The van der Waals surface area contributed by atoms with Crippen LogP contribution in [0, 0.1) is 0 Å². The number of anilines is 1. The van der Waals surface area contributed by atoms with Crippen LogP contribution < -0.4 is 10.6 Å². The lowest BCUT2D eigenvalue weighted by Crippen LogP contribution is -2.22. The van der Waals surface area contributed by atoms with Crippen molar-refractivity contribution >= 4 is 17.5 Å². The molecule has 2 aromatic heterocycles. The van der Waals surface area contributed by atoms with Crippen LogP contribution in [0.25, 0.3) is 0 Å². The van der Waals surface area contributed by atoms with Gasteiger partial charge in [-0.15, -0.1) is 0 Å². The highest BCUT2D eigenvalue weighted by Crippen LogP contribution is 2.12. The lowest BCUT2D eigenvalue weighted by molar-refractivity contribution is 0.0946. The zero-order valence-corrected chi connectivity index (χ0v) is 12.7. The average molecular weight is 321 g/mol. The number of hydrogen-bond acceptors (Lipinski definition) is 4. The third kappa shape index (κ3) is 3.86. The summed E-state index contributed by atoms with van der Waals surface area (Å²) in [4.78, 5) is 28.2. The van der Waals surface area contributed by atoms with Gasteiger partial charge < -0.3 is 15.1 Å². The van der Waals surface area contributed by atoms with E-state index in [0.29, 0.717) is 29.1 Å². The minimum absolute atomic E-state index is 0.244. The van der Waals surface area contributed by atoms with Gasteiger partial charge in [0.25, 0.3) is 11.8 Å². The molecule has 0 atom stereocenters. The van der Waals surface area contributed by atoms with E-state index in [2.05, 4.69) is 15.6 Å². The van der Waals surface area contributed by atoms with Crippen LogP contribution in [0.1, 0.15) is 26.5 Å². The standard InChI is InChI=1S/C18H15N3O3/c22-17(20-12-16-5-2-10-24-16)14-3-1-4-15(11-14)21-18(23)13-6-8-19-9-7-13/h1-11H,12H2,(H,20,22)(H,21,23). The molecule has 0 saturated heterocycles. The molecular formula is C18H15N3O3. The summed E-state index contributed by atoms with van der Waals surface area (Å²) in [6.07, 6.45) is 4.65. The number of amides is 2. The van der Waals surface area contributed by atoms with Gasteiger partial charge in [0.2, 0.25) is 0 Å². The van der Waals surface area contributed by atoms with Crippen LogP contribution in [0.15, 0.2) is 71.6 Å². The predicted molar refractivity (Wildman–Crippen MR) is 88.5 cm³/mol. The Balaban J connectivity index is 1.65. The van der Waals surface area contributed by atoms with Gasteiger partial charge in [0.05, 0.1) is 12.8 Å². The predicted octanol–water partition coefficient (Wildman–Crippen LogP) is 2.86.